The third-order valence-corrected chi connectivity index (χ3v) is 2.53. The molecule has 0 aliphatic heterocycles. The van der Waals surface area contributed by atoms with Gasteiger partial charge in [0.05, 0.1) is 12.8 Å². The van der Waals surface area contributed by atoms with Gasteiger partial charge < -0.3 is 9.73 Å². The lowest BCUT2D eigenvalue weighted by Crippen LogP contribution is -2.18. The topological polar surface area (TPSA) is 25.2 Å². The van der Waals surface area contributed by atoms with Crippen LogP contribution in [0.1, 0.15) is 11.3 Å². The molecule has 1 rings (SSSR count). The molecule has 0 saturated carbocycles. The molecule has 1 N–H and O–H groups in total. The number of hydrogen-bond donors (Lipinski definition) is 1. The van der Waals surface area contributed by atoms with E-state index in [0.717, 1.165) is 11.3 Å². The first-order chi connectivity index (χ1) is 6.99. The summed E-state index contributed by atoms with van der Waals surface area (Å²) >= 11 is -0.0181. The van der Waals surface area contributed by atoms with Gasteiger partial charge in [-0.25, -0.2) is 0 Å². The minimum atomic E-state index is -4.14. The Morgan fingerprint density at radius 1 is 1.47 bits per heavy atom. The van der Waals surface area contributed by atoms with Crippen molar-refractivity contribution in [3.8, 4) is 0 Å². The van der Waals surface area contributed by atoms with E-state index in [9.17, 15) is 13.2 Å². The summed E-state index contributed by atoms with van der Waals surface area (Å²) in [4.78, 5) is 0. The number of nitrogens with one attached hydrogen (secondary N) is 1. The number of thioether (sulfide) groups is 1. The maximum absolute atomic E-state index is 11.7. The average Bonchev–Trinajstić information content (AvgIpc) is 2.49. The molecule has 1 heterocycles. The van der Waals surface area contributed by atoms with Crippen LogP contribution in [0, 0.1) is 6.92 Å². The molecule has 0 aliphatic rings. The first-order valence-corrected chi connectivity index (χ1v) is 5.42. The molecule has 0 aromatic carbocycles. The van der Waals surface area contributed by atoms with Crippen molar-refractivity contribution in [3.05, 3.63) is 23.7 Å². The highest BCUT2D eigenvalue weighted by Crippen LogP contribution is 2.29. The van der Waals surface area contributed by atoms with Gasteiger partial charge in [0, 0.05) is 12.3 Å². The van der Waals surface area contributed by atoms with Gasteiger partial charge in [0.25, 0.3) is 0 Å². The Hall–Kier alpha value is -0.620. The quantitative estimate of drug-likeness (QED) is 0.800. The predicted molar refractivity (Wildman–Crippen MR) is 53.7 cm³/mol. The Kier molecular flexibility index (Phi) is 4.53. The van der Waals surface area contributed by atoms with Crippen molar-refractivity contribution in [1.82, 2.24) is 5.32 Å². The maximum atomic E-state index is 11.7. The van der Waals surface area contributed by atoms with Crippen LogP contribution < -0.4 is 5.32 Å². The van der Waals surface area contributed by atoms with Crippen molar-refractivity contribution >= 4 is 11.8 Å². The third-order valence-electron chi connectivity index (χ3n) is 1.80. The molecule has 0 saturated heterocycles. The predicted octanol–water partition coefficient (Wildman–Crippen LogP) is 2.93. The monoisotopic (exact) mass is 239 g/mol. The summed E-state index contributed by atoms with van der Waals surface area (Å²) in [5.74, 6) is 0.787. The Morgan fingerprint density at radius 3 is 2.73 bits per heavy atom. The van der Waals surface area contributed by atoms with E-state index in [4.69, 9.17) is 4.42 Å². The Balaban J connectivity index is 2.10. The molecule has 15 heavy (non-hydrogen) atoms. The molecule has 1 aromatic heterocycles. The maximum Gasteiger partial charge on any atom is 0.441 e. The fraction of sp³-hybridized carbons (Fsp3) is 0.556. The summed E-state index contributed by atoms with van der Waals surface area (Å²) in [6.07, 6.45) is 1.57. The Labute approximate surface area is 90.2 Å². The second-order valence-corrected chi connectivity index (χ2v) is 4.16. The normalized spacial score (nSPS) is 12.0. The molecular formula is C9H12F3NOS. The molecule has 0 fully saturated rings. The molecule has 6 heteroatoms. The van der Waals surface area contributed by atoms with Crippen LogP contribution in [0.4, 0.5) is 13.2 Å². The lowest BCUT2D eigenvalue weighted by Gasteiger charge is -2.06. The molecule has 0 amide bonds. The Bertz CT molecular complexity index is 298. The van der Waals surface area contributed by atoms with E-state index in [2.05, 4.69) is 5.32 Å². The van der Waals surface area contributed by atoms with Crippen LogP contribution in [0.3, 0.4) is 0 Å². The Morgan fingerprint density at radius 2 is 2.20 bits per heavy atom. The van der Waals surface area contributed by atoms with Crippen molar-refractivity contribution in [2.24, 2.45) is 0 Å². The molecule has 2 nitrogen and oxygen atoms in total. The average molecular weight is 239 g/mol. The van der Waals surface area contributed by atoms with Gasteiger partial charge in [-0.15, -0.1) is 0 Å². The molecule has 0 atom stereocenters. The largest absolute Gasteiger partial charge is 0.468 e. The number of rotatable bonds is 5. The van der Waals surface area contributed by atoms with E-state index in [1.807, 2.05) is 13.0 Å². The lowest BCUT2D eigenvalue weighted by molar-refractivity contribution is -0.0327. The van der Waals surface area contributed by atoms with E-state index in [1.165, 1.54) is 0 Å². The summed E-state index contributed by atoms with van der Waals surface area (Å²) in [5.41, 5.74) is -3.13. The highest BCUT2D eigenvalue weighted by molar-refractivity contribution is 8.00. The molecule has 0 bridgehead atoms. The fourth-order valence-electron chi connectivity index (χ4n) is 1.03. The van der Waals surface area contributed by atoms with E-state index in [1.54, 1.807) is 6.26 Å². The first kappa shape index (κ1) is 12.4. The van der Waals surface area contributed by atoms with Gasteiger partial charge in [-0.2, -0.15) is 13.2 Å². The van der Waals surface area contributed by atoms with Gasteiger partial charge in [-0.3, -0.25) is 0 Å². The first-order valence-electron chi connectivity index (χ1n) is 4.43. The van der Waals surface area contributed by atoms with E-state index >= 15 is 0 Å². The van der Waals surface area contributed by atoms with Gasteiger partial charge in [0.15, 0.2) is 0 Å². The van der Waals surface area contributed by atoms with Gasteiger partial charge in [0.1, 0.15) is 5.76 Å². The van der Waals surface area contributed by atoms with Gasteiger partial charge in [-0.05, 0) is 30.3 Å². The van der Waals surface area contributed by atoms with Crippen molar-refractivity contribution < 1.29 is 17.6 Å². The number of hydrogen-bond acceptors (Lipinski definition) is 3. The molecule has 1 aromatic rings. The standard InChI is InChI=1S/C9H12F3NOS/c1-7-2-4-14-8(7)6-13-3-5-15-9(10,11)12/h2,4,13H,3,5-6H2,1H3. The zero-order valence-corrected chi connectivity index (χ0v) is 9.04. The van der Waals surface area contributed by atoms with Gasteiger partial charge in [-0.1, -0.05) is 0 Å². The van der Waals surface area contributed by atoms with Crippen LogP contribution in [0.25, 0.3) is 0 Å². The lowest BCUT2D eigenvalue weighted by atomic mass is 10.3. The smallest absolute Gasteiger partial charge is 0.441 e. The fourth-order valence-corrected chi connectivity index (χ4v) is 1.50. The number of alkyl halides is 3. The van der Waals surface area contributed by atoms with Crippen LogP contribution in [0.5, 0.6) is 0 Å². The highest BCUT2D eigenvalue weighted by Gasteiger charge is 2.27. The molecular weight excluding hydrogens is 227 g/mol. The van der Waals surface area contributed by atoms with Crippen LogP contribution >= 0.6 is 11.8 Å². The summed E-state index contributed by atoms with van der Waals surface area (Å²) in [5, 5.41) is 2.89. The third kappa shape index (κ3) is 5.13. The number of halogens is 3. The van der Waals surface area contributed by atoms with Crippen LogP contribution in [0.15, 0.2) is 16.7 Å². The van der Waals surface area contributed by atoms with Gasteiger partial charge in [0.2, 0.25) is 0 Å². The number of aryl methyl sites for hydroxylation is 1. The summed E-state index contributed by atoms with van der Waals surface area (Å²) in [7, 11) is 0. The van der Waals surface area contributed by atoms with Crippen molar-refractivity contribution in [1.29, 1.82) is 0 Å². The second-order valence-electron chi connectivity index (χ2n) is 3.00. The molecule has 86 valence electrons. The summed E-state index contributed by atoms with van der Waals surface area (Å²) in [6, 6.07) is 1.82. The van der Waals surface area contributed by atoms with Gasteiger partial charge >= 0.3 is 5.51 Å². The SMILES string of the molecule is Cc1ccoc1CNCCSC(F)(F)F. The minimum absolute atomic E-state index is 0.0171. The van der Waals surface area contributed by atoms with Crippen LogP contribution in [-0.4, -0.2) is 17.8 Å². The summed E-state index contributed by atoms with van der Waals surface area (Å²) in [6.45, 7) is 2.67. The van der Waals surface area contributed by atoms with E-state index < -0.39 is 5.51 Å². The van der Waals surface area contributed by atoms with E-state index in [0.29, 0.717) is 13.1 Å². The molecule has 0 aliphatic carbocycles. The molecule has 0 radical (unpaired) electrons. The van der Waals surface area contributed by atoms with Crippen molar-refractivity contribution in [3.63, 3.8) is 0 Å². The second kappa shape index (κ2) is 5.46. The minimum Gasteiger partial charge on any atom is -0.468 e. The molecule has 0 unspecified atom stereocenters. The highest BCUT2D eigenvalue weighted by atomic mass is 32.2. The van der Waals surface area contributed by atoms with Crippen molar-refractivity contribution in [2.75, 3.05) is 12.3 Å². The number of furan rings is 1. The van der Waals surface area contributed by atoms with Crippen LogP contribution in [-0.2, 0) is 6.54 Å². The van der Waals surface area contributed by atoms with E-state index in [-0.39, 0.29) is 17.5 Å². The van der Waals surface area contributed by atoms with Crippen molar-refractivity contribution in [2.45, 2.75) is 19.0 Å². The summed E-state index contributed by atoms with van der Waals surface area (Å²) < 4.78 is 40.3. The zero-order chi connectivity index (χ0) is 11.3. The van der Waals surface area contributed by atoms with Crippen LogP contribution in [0.2, 0.25) is 0 Å². The molecule has 0 spiro atoms. The zero-order valence-electron chi connectivity index (χ0n) is 8.23.